The highest BCUT2D eigenvalue weighted by atomic mass is 16.5. The van der Waals surface area contributed by atoms with Gasteiger partial charge in [0.1, 0.15) is 0 Å². The number of amides is 2. The van der Waals surface area contributed by atoms with Crippen LogP contribution < -0.4 is 0 Å². The zero-order valence-corrected chi connectivity index (χ0v) is 14.3. The van der Waals surface area contributed by atoms with E-state index in [1.807, 2.05) is 42.0 Å². The summed E-state index contributed by atoms with van der Waals surface area (Å²) in [4.78, 5) is 20.7. The number of ether oxygens (including phenoxy) is 1. The number of carbonyl (C=O) groups excluding carboxylic acids is 1. The van der Waals surface area contributed by atoms with E-state index in [2.05, 4.69) is 11.9 Å². The molecule has 0 bridgehead atoms. The van der Waals surface area contributed by atoms with Crippen LogP contribution in [0, 0.1) is 0 Å². The Hall–Kier alpha value is -1.62. The zero-order chi connectivity index (χ0) is 16.4. The van der Waals surface area contributed by atoms with Gasteiger partial charge < -0.3 is 14.5 Å². The van der Waals surface area contributed by atoms with Crippen LogP contribution in [0.2, 0.25) is 0 Å². The van der Waals surface area contributed by atoms with Gasteiger partial charge in [0, 0.05) is 45.2 Å². The Labute approximate surface area is 134 Å². The summed E-state index contributed by atoms with van der Waals surface area (Å²) in [6.07, 6.45) is 5.41. The first kappa shape index (κ1) is 18.4. The minimum absolute atomic E-state index is 0.0952. The number of aromatic nitrogens is 1. The van der Waals surface area contributed by atoms with Crippen LogP contribution in [-0.4, -0.2) is 60.2 Å². The van der Waals surface area contributed by atoms with E-state index in [9.17, 15) is 4.79 Å². The maximum atomic E-state index is 12.8. The van der Waals surface area contributed by atoms with Crippen molar-refractivity contribution < 1.29 is 9.53 Å². The summed E-state index contributed by atoms with van der Waals surface area (Å²) < 4.78 is 5.12. The monoisotopic (exact) mass is 307 g/mol. The van der Waals surface area contributed by atoms with E-state index in [4.69, 9.17) is 4.74 Å². The molecule has 0 aliphatic carbocycles. The van der Waals surface area contributed by atoms with Crippen molar-refractivity contribution in [3.63, 3.8) is 0 Å². The predicted molar refractivity (Wildman–Crippen MR) is 88.9 cm³/mol. The fourth-order valence-corrected chi connectivity index (χ4v) is 2.33. The molecule has 0 aliphatic rings. The number of nitrogens with zero attached hydrogens (tertiary/aromatic N) is 3. The average Bonchev–Trinajstić information content (AvgIpc) is 2.52. The first-order valence-electron chi connectivity index (χ1n) is 8.03. The van der Waals surface area contributed by atoms with Crippen molar-refractivity contribution in [1.29, 1.82) is 0 Å². The predicted octanol–water partition coefficient (Wildman–Crippen LogP) is 2.81. The van der Waals surface area contributed by atoms with Gasteiger partial charge in [0.15, 0.2) is 0 Å². The van der Waals surface area contributed by atoms with E-state index in [1.54, 1.807) is 13.3 Å². The molecule has 0 atom stereocenters. The van der Waals surface area contributed by atoms with Crippen molar-refractivity contribution >= 4 is 6.03 Å². The summed E-state index contributed by atoms with van der Waals surface area (Å²) >= 11 is 0. The molecule has 2 amide bonds. The third-order valence-corrected chi connectivity index (χ3v) is 3.56. The minimum Gasteiger partial charge on any atom is -0.383 e. The number of carbonyl (C=O) groups is 1. The molecule has 5 nitrogen and oxygen atoms in total. The number of pyridine rings is 1. The van der Waals surface area contributed by atoms with Crippen LogP contribution in [0.5, 0.6) is 0 Å². The van der Waals surface area contributed by atoms with Crippen molar-refractivity contribution in [1.82, 2.24) is 14.8 Å². The van der Waals surface area contributed by atoms with Gasteiger partial charge >= 0.3 is 6.03 Å². The van der Waals surface area contributed by atoms with Crippen LogP contribution >= 0.6 is 0 Å². The second-order valence-corrected chi connectivity index (χ2v) is 5.66. The molecule has 5 heteroatoms. The highest BCUT2D eigenvalue weighted by molar-refractivity contribution is 5.74. The van der Waals surface area contributed by atoms with Crippen molar-refractivity contribution in [2.45, 2.75) is 39.7 Å². The normalized spacial score (nSPS) is 10.8. The molecule has 0 fully saturated rings. The second-order valence-electron chi connectivity index (χ2n) is 5.66. The summed E-state index contributed by atoms with van der Waals surface area (Å²) in [7, 11) is 1.66. The van der Waals surface area contributed by atoms with Crippen LogP contribution in [0.4, 0.5) is 4.79 Å². The Balaban J connectivity index is 2.68. The van der Waals surface area contributed by atoms with Gasteiger partial charge in [0.2, 0.25) is 0 Å². The largest absolute Gasteiger partial charge is 0.383 e. The van der Waals surface area contributed by atoms with E-state index in [1.165, 1.54) is 0 Å². The number of methoxy groups -OCH3 is 1. The summed E-state index contributed by atoms with van der Waals surface area (Å²) in [5.41, 5.74) is 1.16. The van der Waals surface area contributed by atoms with Gasteiger partial charge in [-0.3, -0.25) is 4.98 Å². The minimum atomic E-state index is 0.0952. The molecule has 0 N–H and O–H groups in total. The van der Waals surface area contributed by atoms with E-state index < -0.39 is 0 Å². The summed E-state index contributed by atoms with van der Waals surface area (Å²) in [5.74, 6) is 0. The third kappa shape index (κ3) is 6.02. The first-order chi connectivity index (χ1) is 10.6. The van der Waals surface area contributed by atoms with Crippen LogP contribution in [0.1, 0.15) is 32.8 Å². The number of rotatable bonds is 9. The molecule has 0 aromatic carbocycles. The molecule has 0 saturated carbocycles. The van der Waals surface area contributed by atoms with Crippen molar-refractivity contribution in [3.8, 4) is 0 Å². The number of hydrogen-bond acceptors (Lipinski definition) is 3. The molecule has 0 spiro atoms. The van der Waals surface area contributed by atoms with E-state index in [0.29, 0.717) is 19.7 Å². The van der Waals surface area contributed by atoms with Crippen molar-refractivity contribution in [3.05, 3.63) is 30.1 Å². The van der Waals surface area contributed by atoms with Crippen molar-refractivity contribution in [2.75, 3.05) is 33.4 Å². The fourth-order valence-electron chi connectivity index (χ4n) is 2.33. The molecule has 1 aromatic rings. The molecular formula is C17H29N3O2. The standard InChI is InChI=1S/C17H29N3O2/c1-5-10-19(11-8-16-7-6-9-18-14-16)17(21)20(15(2)3)12-13-22-4/h6-7,9,14-15H,5,8,10-13H2,1-4H3. The van der Waals surface area contributed by atoms with Gasteiger partial charge in [0.25, 0.3) is 0 Å². The van der Waals surface area contributed by atoms with Gasteiger partial charge in [-0.15, -0.1) is 0 Å². The first-order valence-corrected chi connectivity index (χ1v) is 8.03. The quantitative estimate of drug-likeness (QED) is 0.705. The SMILES string of the molecule is CCCN(CCc1cccnc1)C(=O)N(CCOC)C(C)C. The van der Waals surface area contributed by atoms with Gasteiger partial charge in [-0.2, -0.15) is 0 Å². The molecule has 0 saturated heterocycles. The Morgan fingerprint density at radius 2 is 2.09 bits per heavy atom. The van der Waals surface area contributed by atoms with Crippen LogP contribution in [0.15, 0.2) is 24.5 Å². The van der Waals surface area contributed by atoms with Crippen LogP contribution in [0.3, 0.4) is 0 Å². The topological polar surface area (TPSA) is 45.7 Å². The van der Waals surface area contributed by atoms with E-state index >= 15 is 0 Å². The lowest BCUT2D eigenvalue weighted by Crippen LogP contribution is -2.48. The molecule has 0 unspecified atom stereocenters. The smallest absolute Gasteiger partial charge is 0.320 e. The van der Waals surface area contributed by atoms with E-state index in [-0.39, 0.29) is 12.1 Å². The maximum absolute atomic E-state index is 12.8. The highest BCUT2D eigenvalue weighted by Gasteiger charge is 2.22. The van der Waals surface area contributed by atoms with E-state index in [0.717, 1.165) is 24.9 Å². The summed E-state index contributed by atoms with van der Waals surface area (Å²) in [6.45, 7) is 8.85. The lowest BCUT2D eigenvalue weighted by Gasteiger charge is -2.33. The lowest BCUT2D eigenvalue weighted by molar-refractivity contribution is 0.112. The Kier molecular flexibility index (Phi) is 8.51. The highest BCUT2D eigenvalue weighted by Crippen LogP contribution is 2.08. The average molecular weight is 307 g/mol. The molecular weight excluding hydrogens is 278 g/mol. The molecule has 1 rings (SSSR count). The van der Waals surface area contributed by atoms with Crippen LogP contribution in [0.25, 0.3) is 0 Å². The maximum Gasteiger partial charge on any atom is 0.320 e. The Bertz CT molecular complexity index is 423. The molecule has 22 heavy (non-hydrogen) atoms. The molecule has 124 valence electrons. The van der Waals surface area contributed by atoms with Gasteiger partial charge in [-0.05, 0) is 38.3 Å². The summed E-state index contributed by atoms with van der Waals surface area (Å²) in [5, 5.41) is 0. The second kappa shape index (κ2) is 10.2. The van der Waals surface area contributed by atoms with Gasteiger partial charge in [-0.25, -0.2) is 4.79 Å². The Morgan fingerprint density at radius 1 is 1.32 bits per heavy atom. The fraction of sp³-hybridized carbons (Fsp3) is 0.647. The molecule has 0 radical (unpaired) electrons. The van der Waals surface area contributed by atoms with Crippen LogP contribution in [-0.2, 0) is 11.2 Å². The van der Waals surface area contributed by atoms with Gasteiger partial charge in [-0.1, -0.05) is 13.0 Å². The summed E-state index contributed by atoms with van der Waals surface area (Å²) in [6, 6.07) is 4.24. The zero-order valence-electron chi connectivity index (χ0n) is 14.3. The number of hydrogen-bond donors (Lipinski definition) is 0. The molecule has 0 aliphatic heterocycles. The number of urea groups is 1. The van der Waals surface area contributed by atoms with Crippen molar-refractivity contribution in [2.24, 2.45) is 0 Å². The lowest BCUT2D eigenvalue weighted by atomic mass is 10.2. The molecule has 1 aromatic heterocycles. The third-order valence-electron chi connectivity index (χ3n) is 3.56. The van der Waals surface area contributed by atoms with Gasteiger partial charge in [0.05, 0.1) is 6.61 Å². The Morgan fingerprint density at radius 3 is 2.64 bits per heavy atom. The molecule has 1 heterocycles.